The summed E-state index contributed by atoms with van der Waals surface area (Å²) >= 11 is 0. The van der Waals surface area contributed by atoms with Gasteiger partial charge in [-0.15, -0.1) is 0 Å². The Bertz CT molecular complexity index is 772. The zero-order valence-electron chi connectivity index (χ0n) is 14.1. The molecule has 1 aliphatic carbocycles. The first-order chi connectivity index (χ1) is 12.1. The highest BCUT2D eigenvalue weighted by Crippen LogP contribution is 2.20. The highest BCUT2D eigenvalue weighted by molar-refractivity contribution is 5.93. The van der Waals surface area contributed by atoms with E-state index in [0.717, 1.165) is 31.4 Å². The van der Waals surface area contributed by atoms with Gasteiger partial charge in [0.1, 0.15) is 17.8 Å². The molecule has 7 heteroatoms. The van der Waals surface area contributed by atoms with Crippen molar-refractivity contribution in [3.8, 4) is 0 Å². The van der Waals surface area contributed by atoms with Crippen LogP contribution in [-0.4, -0.2) is 27.8 Å². The number of amides is 2. The van der Waals surface area contributed by atoms with Crippen LogP contribution in [0, 0.1) is 0 Å². The Hall–Kier alpha value is -2.96. The third-order valence-corrected chi connectivity index (χ3v) is 4.05. The fourth-order valence-electron chi connectivity index (χ4n) is 2.91. The van der Waals surface area contributed by atoms with Crippen LogP contribution in [0.4, 0.5) is 17.2 Å². The average molecular weight is 339 g/mol. The monoisotopic (exact) mass is 339 g/mol. The van der Waals surface area contributed by atoms with Crippen molar-refractivity contribution in [1.29, 1.82) is 0 Å². The van der Waals surface area contributed by atoms with Crippen molar-refractivity contribution < 1.29 is 9.59 Å². The lowest BCUT2D eigenvalue weighted by molar-refractivity contribution is -0.114. The van der Waals surface area contributed by atoms with Gasteiger partial charge in [0.05, 0.1) is 0 Å². The van der Waals surface area contributed by atoms with Crippen LogP contribution in [0.15, 0.2) is 36.7 Å². The van der Waals surface area contributed by atoms with E-state index in [1.807, 2.05) is 12.1 Å². The quantitative estimate of drug-likeness (QED) is 0.778. The van der Waals surface area contributed by atoms with Gasteiger partial charge in [-0.05, 0) is 31.0 Å². The molecule has 3 rings (SSSR count). The molecule has 1 saturated carbocycles. The molecule has 1 fully saturated rings. The SMILES string of the molecule is CC(=O)Nc1cccc(Nc2cc(C(=O)NC3CCCC3)ncn2)c1. The zero-order chi connectivity index (χ0) is 17.6. The van der Waals surface area contributed by atoms with E-state index in [0.29, 0.717) is 17.2 Å². The molecule has 1 aliphatic rings. The lowest BCUT2D eigenvalue weighted by Crippen LogP contribution is -2.33. The lowest BCUT2D eigenvalue weighted by Gasteiger charge is -2.12. The van der Waals surface area contributed by atoms with E-state index in [1.54, 1.807) is 18.2 Å². The van der Waals surface area contributed by atoms with Gasteiger partial charge in [0, 0.05) is 30.4 Å². The summed E-state index contributed by atoms with van der Waals surface area (Å²) in [4.78, 5) is 31.7. The van der Waals surface area contributed by atoms with Gasteiger partial charge in [0.2, 0.25) is 5.91 Å². The largest absolute Gasteiger partial charge is 0.348 e. The summed E-state index contributed by atoms with van der Waals surface area (Å²) in [5.74, 6) is 0.209. The Morgan fingerprint density at radius 1 is 1.08 bits per heavy atom. The van der Waals surface area contributed by atoms with E-state index < -0.39 is 0 Å². The van der Waals surface area contributed by atoms with Crippen molar-refractivity contribution in [2.75, 3.05) is 10.6 Å². The van der Waals surface area contributed by atoms with Crippen LogP contribution in [0.5, 0.6) is 0 Å². The molecule has 3 N–H and O–H groups in total. The summed E-state index contributed by atoms with van der Waals surface area (Å²) < 4.78 is 0. The Morgan fingerprint density at radius 2 is 1.84 bits per heavy atom. The number of aromatic nitrogens is 2. The first-order valence-electron chi connectivity index (χ1n) is 8.38. The van der Waals surface area contributed by atoms with E-state index in [1.165, 1.54) is 13.3 Å². The molecule has 0 bridgehead atoms. The maximum absolute atomic E-state index is 12.3. The molecule has 130 valence electrons. The molecule has 0 unspecified atom stereocenters. The Morgan fingerprint density at radius 3 is 2.60 bits per heavy atom. The number of carbonyl (C=O) groups is 2. The van der Waals surface area contributed by atoms with E-state index in [-0.39, 0.29) is 17.9 Å². The summed E-state index contributed by atoms with van der Waals surface area (Å²) in [6.45, 7) is 1.46. The van der Waals surface area contributed by atoms with Crippen molar-refractivity contribution >= 4 is 29.0 Å². The van der Waals surface area contributed by atoms with Crippen LogP contribution < -0.4 is 16.0 Å². The smallest absolute Gasteiger partial charge is 0.270 e. The molecular formula is C18H21N5O2. The number of benzene rings is 1. The summed E-state index contributed by atoms with van der Waals surface area (Å²) in [6, 6.07) is 9.13. The van der Waals surface area contributed by atoms with E-state index in [4.69, 9.17) is 0 Å². The molecule has 2 aromatic rings. The standard InChI is InChI=1S/C18H21N5O2/c1-12(24)21-14-7-4-8-15(9-14)22-17-10-16(19-11-20-17)18(25)23-13-5-2-3-6-13/h4,7-11,13H,2-3,5-6H2,1H3,(H,21,24)(H,23,25)(H,19,20,22). The number of hydrogen-bond donors (Lipinski definition) is 3. The average Bonchev–Trinajstić information content (AvgIpc) is 3.08. The van der Waals surface area contributed by atoms with Gasteiger partial charge in [-0.1, -0.05) is 18.9 Å². The minimum Gasteiger partial charge on any atom is -0.348 e. The number of anilines is 3. The second kappa shape index (κ2) is 7.74. The normalized spacial score (nSPS) is 14.1. The van der Waals surface area contributed by atoms with Gasteiger partial charge in [-0.3, -0.25) is 9.59 Å². The fourth-order valence-corrected chi connectivity index (χ4v) is 2.91. The molecule has 1 aromatic heterocycles. The van der Waals surface area contributed by atoms with Crippen LogP contribution >= 0.6 is 0 Å². The minimum absolute atomic E-state index is 0.134. The van der Waals surface area contributed by atoms with E-state index in [2.05, 4.69) is 25.9 Å². The minimum atomic E-state index is -0.177. The van der Waals surface area contributed by atoms with E-state index >= 15 is 0 Å². The second-order valence-electron chi connectivity index (χ2n) is 6.13. The van der Waals surface area contributed by atoms with Crippen LogP contribution in [0.1, 0.15) is 43.1 Å². The number of carbonyl (C=O) groups excluding carboxylic acids is 2. The summed E-state index contributed by atoms with van der Waals surface area (Å²) in [5.41, 5.74) is 1.78. The first kappa shape index (κ1) is 16.9. The van der Waals surface area contributed by atoms with Crippen LogP contribution in [0.3, 0.4) is 0 Å². The zero-order valence-corrected chi connectivity index (χ0v) is 14.1. The van der Waals surface area contributed by atoms with Crippen molar-refractivity contribution in [3.05, 3.63) is 42.4 Å². The molecule has 1 heterocycles. The number of nitrogens with zero attached hydrogens (tertiary/aromatic N) is 2. The van der Waals surface area contributed by atoms with Gasteiger partial charge >= 0.3 is 0 Å². The molecule has 0 atom stereocenters. The molecule has 0 radical (unpaired) electrons. The maximum Gasteiger partial charge on any atom is 0.270 e. The summed E-state index contributed by atoms with van der Waals surface area (Å²) in [5, 5.41) is 8.86. The Balaban J connectivity index is 1.69. The second-order valence-corrected chi connectivity index (χ2v) is 6.13. The van der Waals surface area contributed by atoms with Crippen molar-refractivity contribution in [2.24, 2.45) is 0 Å². The fraction of sp³-hybridized carbons (Fsp3) is 0.333. The summed E-state index contributed by atoms with van der Waals surface area (Å²) in [6.07, 6.45) is 5.73. The maximum atomic E-state index is 12.3. The molecule has 0 spiro atoms. The highest BCUT2D eigenvalue weighted by atomic mass is 16.2. The molecule has 7 nitrogen and oxygen atoms in total. The lowest BCUT2D eigenvalue weighted by atomic mass is 10.2. The van der Waals surface area contributed by atoms with Crippen molar-refractivity contribution in [3.63, 3.8) is 0 Å². The number of rotatable bonds is 5. The molecule has 0 aliphatic heterocycles. The highest BCUT2D eigenvalue weighted by Gasteiger charge is 2.18. The summed E-state index contributed by atoms with van der Waals surface area (Å²) in [7, 11) is 0. The molecule has 2 amide bonds. The van der Waals surface area contributed by atoms with Crippen molar-refractivity contribution in [2.45, 2.75) is 38.6 Å². The molecule has 25 heavy (non-hydrogen) atoms. The number of hydrogen-bond acceptors (Lipinski definition) is 5. The Labute approximate surface area is 146 Å². The molecular weight excluding hydrogens is 318 g/mol. The van der Waals surface area contributed by atoms with E-state index in [9.17, 15) is 9.59 Å². The van der Waals surface area contributed by atoms with Gasteiger partial charge in [-0.2, -0.15) is 0 Å². The molecule has 0 saturated heterocycles. The van der Waals surface area contributed by atoms with Crippen LogP contribution in [-0.2, 0) is 4.79 Å². The van der Waals surface area contributed by atoms with Crippen LogP contribution in [0.2, 0.25) is 0 Å². The third kappa shape index (κ3) is 4.76. The van der Waals surface area contributed by atoms with Gasteiger partial charge in [-0.25, -0.2) is 9.97 Å². The third-order valence-electron chi connectivity index (χ3n) is 4.05. The predicted octanol–water partition coefficient (Wildman–Crippen LogP) is 2.85. The van der Waals surface area contributed by atoms with Crippen LogP contribution in [0.25, 0.3) is 0 Å². The Kier molecular flexibility index (Phi) is 5.23. The number of nitrogens with one attached hydrogen (secondary N) is 3. The van der Waals surface area contributed by atoms with Gasteiger partial charge in [0.15, 0.2) is 0 Å². The molecule has 1 aromatic carbocycles. The van der Waals surface area contributed by atoms with Gasteiger partial charge in [0.25, 0.3) is 5.91 Å². The van der Waals surface area contributed by atoms with Gasteiger partial charge < -0.3 is 16.0 Å². The first-order valence-corrected chi connectivity index (χ1v) is 8.38. The predicted molar refractivity (Wildman–Crippen MR) is 95.8 cm³/mol. The topological polar surface area (TPSA) is 96.0 Å². The van der Waals surface area contributed by atoms with Crippen molar-refractivity contribution in [1.82, 2.24) is 15.3 Å².